The van der Waals surface area contributed by atoms with Crippen molar-refractivity contribution >= 4 is 23.5 Å². The van der Waals surface area contributed by atoms with Gasteiger partial charge in [-0.2, -0.15) is 16.9 Å². The first-order valence-corrected chi connectivity index (χ1v) is 9.24. The molecule has 1 amide bonds. The van der Waals surface area contributed by atoms with Crippen LogP contribution in [0.3, 0.4) is 0 Å². The van der Waals surface area contributed by atoms with Gasteiger partial charge in [0.25, 0.3) is 0 Å². The van der Waals surface area contributed by atoms with E-state index in [1.807, 2.05) is 0 Å². The molecular formula is C19H15F2N3OS. The van der Waals surface area contributed by atoms with Crippen molar-refractivity contribution in [2.45, 2.75) is 17.9 Å². The van der Waals surface area contributed by atoms with Gasteiger partial charge in [0.05, 0.1) is 17.8 Å². The molecule has 3 aromatic rings. The number of carbonyl (C=O) groups excluding carboxylic acids is 1. The molecule has 0 saturated heterocycles. The zero-order chi connectivity index (χ0) is 18.1. The van der Waals surface area contributed by atoms with E-state index in [2.05, 4.69) is 10.4 Å². The molecule has 0 bridgehead atoms. The predicted octanol–water partition coefficient (Wildman–Crippen LogP) is 4.08. The Balaban J connectivity index is 1.61. The number of carbonyl (C=O) groups is 1. The molecule has 132 valence electrons. The second kappa shape index (κ2) is 6.92. The van der Waals surface area contributed by atoms with Crippen LogP contribution in [0.25, 0.3) is 5.69 Å². The number of aromatic nitrogens is 2. The summed E-state index contributed by atoms with van der Waals surface area (Å²) in [6.45, 7) is 0. The van der Waals surface area contributed by atoms with Crippen LogP contribution in [0.5, 0.6) is 0 Å². The van der Waals surface area contributed by atoms with Crippen LogP contribution in [0.1, 0.15) is 16.8 Å². The lowest BCUT2D eigenvalue weighted by Gasteiger charge is -2.11. The summed E-state index contributed by atoms with van der Waals surface area (Å²) in [5.74, 6) is 1.29. The zero-order valence-electron chi connectivity index (χ0n) is 13.7. The van der Waals surface area contributed by atoms with Crippen LogP contribution in [0, 0.1) is 11.6 Å². The van der Waals surface area contributed by atoms with E-state index < -0.39 is 0 Å². The summed E-state index contributed by atoms with van der Waals surface area (Å²) in [4.78, 5) is 12.5. The van der Waals surface area contributed by atoms with Gasteiger partial charge in [-0.1, -0.05) is 12.1 Å². The number of hydrogen-bond acceptors (Lipinski definition) is 3. The molecule has 0 aliphatic carbocycles. The highest BCUT2D eigenvalue weighted by atomic mass is 32.2. The quantitative estimate of drug-likeness (QED) is 0.752. The highest BCUT2D eigenvalue weighted by molar-refractivity contribution is 7.98. The van der Waals surface area contributed by atoms with Crippen molar-refractivity contribution in [2.75, 3.05) is 5.32 Å². The first kappa shape index (κ1) is 16.8. The van der Waals surface area contributed by atoms with Gasteiger partial charge in [-0.15, -0.1) is 0 Å². The third-order valence-electron chi connectivity index (χ3n) is 4.16. The first-order valence-electron chi connectivity index (χ1n) is 8.09. The molecule has 2 heterocycles. The SMILES string of the molecule is O=C(Cc1ccc(F)cc1)Nc1c2c(nn1-c1ccc(F)cc1)CSC2. The smallest absolute Gasteiger partial charge is 0.229 e. The van der Waals surface area contributed by atoms with Gasteiger partial charge < -0.3 is 5.32 Å². The molecule has 2 aromatic carbocycles. The zero-order valence-corrected chi connectivity index (χ0v) is 14.5. The van der Waals surface area contributed by atoms with E-state index in [0.717, 1.165) is 28.3 Å². The van der Waals surface area contributed by atoms with E-state index >= 15 is 0 Å². The number of amides is 1. The minimum Gasteiger partial charge on any atom is -0.310 e. The summed E-state index contributed by atoms with van der Waals surface area (Å²) in [6, 6.07) is 11.8. The Morgan fingerprint density at radius 3 is 2.38 bits per heavy atom. The Labute approximate surface area is 153 Å². The number of benzene rings is 2. The van der Waals surface area contributed by atoms with Crippen LogP contribution >= 0.6 is 11.8 Å². The highest BCUT2D eigenvalue weighted by Crippen LogP contribution is 2.36. The van der Waals surface area contributed by atoms with Crippen LogP contribution in [0.2, 0.25) is 0 Å². The van der Waals surface area contributed by atoms with Crippen molar-refractivity contribution in [3.63, 3.8) is 0 Å². The molecule has 1 aliphatic rings. The van der Waals surface area contributed by atoms with Gasteiger partial charge >= 0.3 is 0 Å². The maximum Gasteiger partial charge on any atom is 0.229 e. The maximum atomic E-state index is 13.2. The molecule has 1 aliphatic heterocycles. The number of nitrogens with zero attached hydrogens (tertiary/aromatic N) is 2. The van der Waals surface area contributed by atoms with E-state index in [1.54, 1.807) is 40.7 Å². The minimum absolute atomic E-state index is 0.136. The molecular weight excluding hydrogens is 356 g/mol. The average molecular weight is 371 g/mol. The van der Waals surface area contributed by atoms with E-state index in [-0.39, 0.29) is 24.0 Å². The van der Waals surface area contributed by atoms with E-state index in [4.69, 9.17) is 0 Å². The second-order valence-corrected chi connectivity index (χ2v) is 6.99. The molecule has 4 rings (SSSR count). The van der Waals surface area contributed by atoms with Crippen molar-refractivity contribution in [3.8, 4) is 5.69 Å². The topological polar surface area (TPSA) is 46.9 Å². The van der Waals surface area contributed by atoms with E-state index in [0.29, 0.717) is 11.5 Å². The number of hydrogen-bond donors (Lipinski definition) is 1. The largest absolute Gasteiger partial charge is 0.310 e. The lowest BCUT2D eigenvalue weighted by atomic mass is 10.1. The van der Waals surface area contributed by atoms with E-state index in [9.17, 15) is 13.6 Å². The molecule has 0 radical (unpaired) electrons. The van der Waals surface area contributed by atoms with Gasteiger partial charge in [0, 0.05) is 17.1 Å². The van der Waals surface area contributed by atoms with Gasteiger partial charge in [-0.3, -0.25) is 4.79 Å². The van der Waals surface area contributed by atoms with Crippen LogP contribution < -0.4 is 5.32 Å². The van der Waals surface area contributed by atoms with Crippen molar-refractivity contribution < 1.29 is 13.6 Å². The Morgan fingerprint density at radius 2 is 1.69 bits per heavy atom. The first-order chi connectivity index (χ1) is 12.6. The Bertz CT molecular complexity index is 952. The lowest BCUT2D eigenvalue weighted by Crippen LogP contribution is -2.18. The third-order valence-corrected chi connectivity index (χ3v) is 5.13. The molecule has 0 spiro atoms. The average Bonchev–Trinajstić information content (AvgIpc) is 3.21. The molecule has 26 heavy (non-hydrogen) atoms. The summed E-state index contributed by atoms with van der Waals surface area (Å²) in [6.07, 6.45) is 0.136. The summed E-state index contributed by atoms with van der Waals surface area (Å²) in [5.41, 5.74) is 3.33. The molecule has 7 heteroatoms. The normalized spacial score (nSPS) is 12.8. The van der Waals surface area contributed by atoms with Crippen molar-refractivity contribution in [3.05, 3.63) is 77.0 Å². The third kappa shape index (κ3) is 3.35. The van der Waals surface area contributed by atoms with Gasteiger partial charge in [0.2, 0.25) is 5.91 Å². The van der Waals surface area contributed by atoms with Gasteiger partial charge in [-0.25, -0.2) is 13.5 Å². The molecule has 1 N–H and O–H groups in total. The van der Waals surface area contributed by atoms with Crippen LogP contribution in [-0.2, 0) is 22.7 Å². The fourth-order valence-electron chi connectivity index (χ4n) is 2.87. The van der Waals surface area contributed by atoms with Gasteiger partial charge in [-0.05, 0) is 42.0 Å². The summed E-state index contributed by atoms with van der Waals surface area (Å²) in [5, 5.41) is 7.50. The number of rotatable bonds is 4. The number of thioether (sulfide) groups is 1. The number of anilines is 1. The Hall–Kier alpha value is -2.67. The monoisotopic (exact) mass is 371 g/mol. The number of nitrogens with one attached hydrogen (secondary N) is 1. The van der Waals surface area contributed by atoms with Gasteiger partial charge in [0.1, 0.15) is 17.5 Å². The fourth-order valence-corrected chi connectivity index (χ4v) is 3.91. The van der Waals surface area contributed by atoms with Crippen LogP contribution in [-0.4, -0.2) is 15.7 Å². The maximum absolute atomic E-state index is 13.2. The molecule has 0 unspecified atom stereocenters. The standard InChI is InChI=1S/C19H15F2N3OS/c20-13-3-1-12(2-4-13)9-18(25)22-19-16-10-26-11-17(16)23-24(19)15-7-5-14(21)6-8-15/h1-8H,9-11H2,(H,22,25). The highest BCUT2D eigenvalue weighted by Gasteiger charge is 2.24. The summed E-state index contributed by atoms with van der Waals surface area (Å²) in [7, 11) is 0. The molecule has 1 aromatic heterocycles. The summed E-state index contributed by atoms with van der Waals surface area (Å²) < 4.78 is 27.9. The molecule has 0 fully saturated rings. The van der Waals surface area contributed by atoms with Crippen molar-refractivity contribution in [2.24, 2.45) is 0 Å². The molecule has 0 saturated carbocycles. The Morgan fingerprint density at radius 1 is 1.04 bits per heavy atom. The predicted molar refractivity (Wildman–Crippen MR) is 97.3 cm³/mol. The van der Waals surface area contributed by atoms with Crippen molar-refractivity contribution in [1.29, 1.82) is 0 Å². The molecule has 4 nitrogen and oxygen atoms in total. The summed E-state index contributed by atoms with van der Waals surface area (Å²) >= 11 is 1.73. The van der Waals surface area contributed by atoms with E-state index in [1.165, 1.54) is 24.3 Å². The number of fused-ring (bicyclic) bond motifs is 1. The number of halogens is 2. The fraction of sp³-hybridized carbons (Fsp3) is 0.158. The second-order valence-electron chi connectivity index (χ2n) is 6.01. The lowest BCUT2D eigenvalue weighted by molar-refractivity contribution is -0.115. The Kier molecular flexibility index (Phi) is 4.46. The van der Waals surface area contributed by atoms with Gasteiger partial charge in [0.15, 0.2) is 0 Å². The van der Waals surface area contributed by atoms with Crippen LogP contribution in [0.4, 0.5) is 14.6 Å². The van der Waals surface area contributed by atoms with Crippen molar-refractivity contribution in [1.82, 2.24) is 9.78 Å². The molecule has 0 atom stereocenters. The minimum atomic E-state index is -0.335. The van der Waals surface area contributed by atoms with Crippen LogP contribution in [0.15, 0.2) is 48.5 Å².